The van der Waals surface area contributed by atoms with E-state index in [1.165, 1.54) is 0 Å². The highest BCUT2D eigenvalue weighted by Crippen LogP contribution is 2.23. The van der Waals surface area contributed by atoms with Gasteiger partial charge in [-0.15, -0.1) is 0 Å². The summed E-state index contributed by atoms with van der Waals surface area (Å²) < 4.78 is 5.89. The summed E-state index contributed by atoms with van der Waals surface area (Å²) in [6.07, 6.45) is 0. The molecule has 1 unspecified atom stereocenters. The van der Waals surface area contributed by atoms with Crippen molar-refractivity contribution in [2.24, 2.45) is 0 Å². The number of ether oxygens (including phenoxy) is 1. The fourth-order valence-electron chi connectivity index (χ4n) is 1.68. The molecule has 0 aliphatic carbocycles. The molecule has 1 amide bonds. The van der Waals surface area contributed by atoms with Crippen molar-refractivity contribution in [2.75, 3.05) is 7.11 Å². The van der Waals surface area contributed by atoms with Crippen LogP contribution < -0.4 is 10.1 Å². The number of hydrogen-bond donors (Lipinski definition) is 1. The van der Waals surface area contributed by atoms with Crippen molar-refractivity contribution >= 4 is 33.2 Å². The molecule has 100 valence electrons. The summed E-state index contributed by atoms with van der Waals surface area (Å²) in [4.78, 5) is 12.2. The molecule has 1 N–H and O–H groups in total. The zero-order chi connectivity index (χ0) is 13.8. The third-order valence-electron chi connectivity index (χ3n) is 2.81. The highest BCUT2D eigenvalue weighted by atomic mass is 79.9. The predicted molar refractivity (Wildman–Crippen MR) is 80.9 cm³/mol. The fourth-order valence-corrected chi connectivity index (χ4v) is 2.87. The van der Waals surface area contributed by atoms with Crippen LogP contribution in [0, 0.1) is 0 Å². The summed E-state index contributed by atoms with van der Waals surface area (Å²) >= 11 is 5.00. The zero-order valence-corrected chi connectivity index (χ0v) is 13.0. The Labute approximate surface area is 124 Å². The maximum absolute atomic E-state index is 12.2. The van der Waals surface area contributed by atoms with Gasteiger partial charge >= 0.3 is 0 Å². The summed E-state index contributed by atoms with van der Waals surface area (Å²) in [5.74, 6) is 0.543. The fraction of sp³-hybridized carbons (Fsp3) is 0.214. The zero-order valence-electron chi connectivity index (χ0n) is 10.6. The molecular formula is C14H14BrNO2S. The molecule has 1 atom stereocenters. The minimum absolute atomic E-state index is 0.0168. The van der Waals surface area contributed by atoms with Crippen LogP contribution in [0.3, 0.4) is 0 Å². The number of thiophene rings is 1. The Morgan fingerprint density at radius 3 is 2.84 bits per heavy atom. The number of nitrogens with one attached hydrogen (secondary N) is 1. The number of rotatable bonds is 4. The van der Waals surface area contributed by atoms with Crippen molar-refractivity contribution in [3.63, 3.8) is 0 Å². The predicted octanol–water partition coefficient (Wildman–Crippen LogP) is 4.01. The molecule has 5 heteroatoms. The van der Waals surface area contributed by atoms with E-state index in [0.717, 1.165) is 10.0 Å². The SMILES string of the molecule is COc1ccc(Br)c(C(=O)NC(C)c2ccsc2)c1. The molecule has 0 radical (unpaired) electrons. The van der Waals surface area contributed by atoms with Crippen LogP contribution in [0.4, 0.5) is 0 Å². The van der Waals surface area contributed by atoms with Gasteiger partial charge in [0.05, 0.1) is 18.7 Å². The number of halogens is 1. The second-order valence-corrected chi connectivity index (χ2v) is 5.73. The lowest BCUT2D eigenvalue weighted by molar-refractivity contribution is 0.0939. The quantitative estimate of drug-likeness (QED) is 0.913. The van der Waals surface area contributed by atoms with Crippen LogP contribution in [-0.2, 0) is 0 Å². The number of carbonyl (C=O) groups is 1. The van der Waals surface area contributed by atoms with Crippen LogP contribution in [0.2, 0.25) is 0 Å². The molecule has 3 nitrogen and oxygen atoms in total. The van der Waals surface area contributed by atoms with Crippen molar-refractivity contribution < 1.29 is 9.53 Å². The summed E-state index contributed by atoms with van der Waals surface area (Å²) in [6.45, 7) is 1.97. The first-order chi connectivity index (χ1) is 9.11. The molecule has 0 aliphatic rings. The molecule has 2 aromatic rings. The lowest BCUT2D eigenvalue weighted by Gasteiger charge is -2.14. The van der Waals surface area contributed by atoms with Gasteiger partial charge in [0.25, 0.3) is 5.91 Å². The van der Waals surface area contributed by atoms with E-state index in [0.29, 0.717) is 11.3 Å². The van der Waals surface area contributed by atoms with E-state index in [1.54, 1.807) is 24.5 Å². The topological polar surface area (TPSA) is 38.3 Å². The van der Waals surface area contributed by atoms with Crippen LogP contribution in [-0.4, -0.2) is 13.0 Å². The van der Waals surface area contributed by atoms with Gasteiger partial charge in [-0.05, 0) is 63.4 Å². The Morgan fingerprint density at radius 1 is 1.42 bits per heavy atom. The van der Waals surface area contributed by atoms with E-state index in [2.05, 4.69) is 21.2 Å². The van der Waals surface area contributed by atoms with Crippen LogP contribution >= 0.6 is 27.3 Å². The minimum Gasteiger partial charge on any atom is -0.497 e. The number of methoxy groups -OCH3 is 1. The number of benzene rings is 1. The molecule has 19 heavy (non-hydrogen) atoms. The van der Waals surface area contributed by atoms with Crippen molar-refractivity contribution in [3.05, 3.63) is 50.6 Å². The molecule has 0 saturated heterocycles. The molecule has 0 aliphatic heterocycles. The lowest BCUT2D eigenvalue weighted by Crippen LogP contribution is -2.26. The molecule has 0 fully saturated rings. The van der Waals surface area contributed by atoms with Crippen LogP contribution in [0.1, 0.15) is 28.9 Å². The normalized spacial score (nSPS) is 11.9. The smallest absolute Gasteiger partial charge is 0.253 e. The van der Waals surface area contributed by atoms with Gasteiger partial charge in [0.1, 0.15) is 5.75 Å². The maximum Gasteiger partial charge on any atom is 0.253 e. The van der Waals surface area contributed by atoms with Crippen LogP contribution in [0.25, 0.3) is 0 Å². The van der Waals surface area contributed by atoms with E-state index < -0.39 is 0 Å². The molecule has 0 spiro atoms. The van der Waals surface area contributed by atoms with Gasteiger partial charge in [0.2, 0.25) is 0 Å². The summed E-state index contributed by atoms with van der Waals surface area (Å²) in [5.41, 5.74) is 1.68. The van der Waals surface area contributed by atoms with Crippen molar-refractivity contribution in [2.45, 2.75) is 13.0 Å². The van der Waals surface area contributed by atoms with E-state index in [1.807, 2.05) is 35.9 Å². The maximum atomic E-state index is 12.2. The summed E-state index contributed by atoms with van der Waals surface area (Å²) in [5, 5.41) is 7.01. The van der Waals surface area contributed by atoms with Crippen molar-refractivity contribution in [1.82, 2.24) is 5.32 Å². The minimum atomic E-state index is -0.121. The van der Waals surface area contributed by atoms with Gasteiger partial charge in [0.15, 0.2) is 0 Å². The molecule has 0 saturated carbocycles. The van der Waals surface area contributed by atoms with Crippen LogP contribution in [0.15, 0.2) is 39.5 Å². The molecule has 1 aromatic carbocycles. The van der Waals surface area contributed by atoms with Gasteiger partial charge in [-0.2, -0.15) is 11.3 Å². The second kappa shape index (κ2) is 6.21. The Bertz CT molecular complexity index is 569. The first-order valence-electron chi connectivity index (χ1n) is 5.78. The Hall–Kier alpha value is -1.33. The van der Waals surface area contributed by atoms with Gasteiger partial charge < -0.3 is 10.1 Å². The van der Waals surface area contributed by atoms with E-state index >= 15 is 0 Å². The molecule has 2 rings (SSSR count). The highest BCUT2D eigenvalue weighted by Gasteiger charge is 2.15. The molecule has 1 heterocycles. The number of hydrogen-bond acceptors (Lipinski definition) is 3. The average Bonchev–Trinajstić information content (AvgIpc) is 2.93. The average molecular weight is 340 g/mol. The van der Waals surface area contributed by atoms with Gasteiger partial charge in [-0.1, -0.05) is 0 Å². The Kier molecular flexibility index (Phi) is 4.61. The lowest BCUT2D eigenvalue weighted by atomic mass is 10.1. The number of amides is 1. The monoisotopic (exact) mass is 339 g/mol. The van der Waals surface area contributed by atoms with Gasteiger partial charge in [-0.3, -0.25) is 4.79 Å². The molecular weight excluding hydrogens is 326 g/mol. The Morgan fingerprint density at radius 2 is 2.21 bits per heavy atom. The van der Waals surface area contributed by atoms with Crippen molar-refractivity contribution in [3.8, 4) is 5.75 Å². The van der Waals surface area contributed by atoms with Gasteiger partial charge in [-0.25, -0.2) is 0 Å². The third-order valence-corrected chi connectivity index (χ3v) is 4.20. The first kappa shape index (κ1) is 14.1. The largest absolute Gasteiger partial charge is 0.497 e. The Balaban J connectivity index is 2.16. The second-order valence-electron chi connectivity index (χ2n) is 4.10. The van der Waals surface area contributed by atoms with E-state index in [-0.39, 0.29) is 11.9 Å². The van der Waals surface area contributed by atoms with E-state index in [4.69, 9.17) is 4.74 Å². The summed E-state index contributed by atoms with van der Waals surface area (Å²) in [6, 6.07) is 7.33. The molecule has 1 aromatic heterocycles. The summed E-state index contributed by atoms with van der Waals surface area (Å²) in [7, 11) is 1.58. The first-order valence-corrected chi connectivity index (χ1v) is 7.52. The molecule has 0 bridgehead atoms. The third kappa shape index (κ3) is 3.36. The standard InChI is InChI=1S/C14H14BrNO2S/c1-9(10-5-6-19-8-10)16-14(17)12-7-11(18-2)3-4-13(12)15/h3-9H,1-2H3,(H,16,17). The number of carbonyl (C=O) groups excluding carboxylic acids is 1. The van der Waals surface area contributed by atoms with Crippen molar-refractivity contribution in [1.29, 1.82) is 0 Å². The highest BCUT2D eigenvalue weighted by molar-refractivity contribution is 9.10. The van der Waals surface area contributed by atoms with E-state index in [9.17, 15) is 4.79 Å². The van der Waals surface area contributed by atoms with Crippen LogP contribution in [0.5, 0.6) is 5.75 Å². The van der Waals surface area contributed by atoms with Gasteiger partial charge in [0, 0.05) is 4.47 Å².